The molecule has 19 heavy (non-hydrogen) atoms. The first kappa shape index (κ1) is 13.3. The molecule has 2 aromatic rings. The molecule has 0 amide bonds. The zero-order valence-electron chi connectivity index (χ0n) is 11.3. The lowest BCUT2D eigenvalue weighted by Crippen LogP contribution is -1.98. The smallest absolute Gasteiger partial charge is 0.303 e. The summed E-state index contributed by atoms with van der Waals surface area (Å²) in [4.78, 5) is 10.6. The predicted octanol–water partition coefficient (Wildman–Crippen LogP) is 2.90. The molecule has 0 unspecified atom stereocenters. The van der Waals surface area contributed by atoms with Gasteiger partial charge in [0, 0.05) is 24.7 Å². The van der Waals surface area contributed by atoms with E-state index in [1.54, 1.807) is 0 Å². The molecule has 0 saturated carbocycles. The van der Waals surface area contributed by atoms with E-state index in [0.717, 1.165) is 28.8 Å². The minimum atomic E-state index is -0.758. The molecule has 2 rings (SSSR count). The Morgan fingerprint density at radius 2 is 2.21 bits per heavy atom. The van der Waals surface area contributed by atoms with Crippen LogP contribution in [0.1, 0.15) is 24.5 Å². The molecule has 1 aromatic carbocycles. The molecule has 1 aromatic heterocycles. The molecule has 0 saturated heterocycles. The summed E-state index contributed by atoms with van der Waals surface area (Å²) in [5.74, 6) is -0.758. The summed E-state index contributed by atoms with van der Waals surface area (Å²) in [6, 6.07) is 6.10. The van der Waals surface area contributed by atoms with E-state index in [2.05, 4.69) is 18.1 Å². The van der Waals surface area contributed by atoms with Crippen LogP contribution in [0.5, 0.6) is 0 Å². The van der Waals surface area contributed by atoms with Crippen LogP contribution in [-0.4, -0.2) is 20.9 Å². The Kier molecular flexibility index (Phi) is 4.00. The topological polar surface area (TPSA) is 55.1 Å². The van der Waals surface area contributed by atoms with Crippen molar-refractivity contribution in [1.82, 2.24) is 9.78 Å². The minimum Gasteiger partial charge on any atom is -0.481 e. The number of rotatable bonds is 5. The zero-order valence-corrected chi connectivity index (χ0v) is 11.3. The molecule has 0 fully saturated rings. The number of benzene rings is 1. The Bertz CT molecular complexity index is 588. The molecule has 0 aliphatic carbocycles. The third kappa shape index (κ3) is 3.22. The largest absolute Gasteiger partial charge is 0.481 e. The summed E-state index contributed by atoms with van der Waals surface area (Å²) in [5.41, 5.74) is 4.47. The Labute approximate surface area is 112 Å². The molecule has 100 valence electrons. The molecule has 0 aliphatic heterocycles. The SMILES string of the molecule is CCn1cc(-c2ccc(CCC(=O)O)cc2C)cn1. The van der Waals surface area contributed by atoms with Crippen molar-refractivity contribution in [3.8, 4) is 11.1 Å². The number of hydrogen-bond donors (Lipinski definition) is 1. The van der Waals surface area contributed by atoms with Crippen LogP contribution in [0.3, 0.4) is 0 Å². The van der Waals surface area contributed by atoms with Crippen LogP contribution in [0.15, 0.2) is 30.6 Å². The molecule has 1 N–H and O–H groups in total. The molecule has 0 aliphatic rings. The number of aryl methyl sites for hydroxylation is 3. The molecule has 0 atom stereocenters. The summed E-state index contributed by atoms with van der Waals surface area (Å²) in [6.07, 6.45) is 4.64. The Morgan fingerprint density at radius 1 is 1.42 bits per heavy atom. The highest BCUT2D eigenvalue weighted by atomic mass is 16.4. The van der Waals surface area contributed by atoms with E-state index in [9.17, 15) is 4.79 Å². The number of nitrogens with zero attached hydrogens (tertiary/aromatic N) is 2. The van der Waals surface area contributed by atoms with Crippen LogP contribution in [0.4, 0.5) is 0 Å². The van der Waals surface area contributed by atoms with Crippen LogP contribution >= 0.6 is 0 Å². The van der Waals surface area contributed by atoms with Crippen molar-refractivity contribution in [3.63, 3.8) is 0 Å². The summed E-state index contributed by atoms with van der Waals surface area (Å²) in [7, 11) is 0. The van der Waals surface area contributed by atoms with Gasteiger partial charge in [-0.05, 0) is 37.0 Å². The maximum atomic E-state index is 10.6. The van der Waals surface area contributed by atoms with Crippen molar-refractivity contribution in [2.45, 2.75) is 33.2 Å². The van der Waals surface area contributed by atoms with Crippen LogP contribution in [0.2, 0.25) is 0 Å². The van der Waals surface area contributed by atoms with Gasteiger partial charge in [0.05, 0.1) is 6.20 Å². The molecular weight excluding hydrogens is 240 g/mol. The molecule has 4 heteroatoms. The fourth-order valence-corrected chi connectivity index (χ4v) is 2.13. The number of carbonyl (C=O) groups is 1. The van der Waals surface area contributed by atoms with E-state index in [1.807, 2.05) is 36.1 Å². The number of carboxylic acids is 1. The van der Waals surface area contributed by atoms with Crippen molar-refractivity contribution >= 4 is 5.97 Å². The molecule has 0 spiro atoms. The maximum Gasteiger partial charge on any atom is 0.303 e. The second kappa shape index (κ2) is 5.69. The summed E-state index contributed by atoms with van der Waals surface area (Å²) in [5, 5.41) is 13.0. The highest BCUT2D eigenvalue weighted by Crippen LogP contribution is 2.24. The number of aliphatic carboxylic acids is 1. The van der Waals surface area contributed by atoms with Gasteiger partial charge in [0.1, 0.15) is 0 Å². The van der Waals surface area contributed by atoms with Crippen molar-refractivity contribution in [2.75, 3.05) is 0 Å². The number of aromatic nitrogens is 2. The van der Waals surface area contributed by atoms with E-state index in [-0.39, 0.29) is 6.42 Å². The predicted molar refractivity (Wildman–Crippen MR) is 74.0 cm³/mol. The molecule has 4 nitrogen and oxygen atoms in total. The van der Waals surface area contributed by atoms with E-state index in [0.29, 0.717) is 6.42 Å². The highest BCUT2D eigenvalue weighted by Gasteiger charge is 2.06. The lowest BCUT2D eigenvalue weighted by molar-refractivity contribution is -0.136. The van der Waals surface area contributed by atoms with Gasteiger partial charge >= 0.3 is 5.97 Å². The third-order valence-corrected chi connectivity index (χ3v) is 3.19. The second-order valence-electron chi connectivity index (χ2n) is 4.63. The molecule has 0 radical (unpaired) electrons. The number of hydrogen-bond acceptors (Lipinski definition) is 2. The number of carboxylic acid groups (broad SMARTS) is 1. The van der Waals surface area contributed by atoms with Gasteiger partial charge < -0.3 is 5.11 Å². The summed E-state index contributed by atoms with van der Waals surface area (Å²) >= 11 is 0. The maximum absolute atomic E-state index is 10.6. The fraction of sp³-hybridized carbons (Fsp3) is 0.333. The van der Waals surface area contributed by atoms with Crippen LogP contribution < -0.4 is 0 Å². The first-order chi connectivity index (χ1) is 9.10. The van der Waals surface area contributed by atoms with Gasteiger partial charge in [-0.25, -0.2) is 0 Å². The zero-order chi connectivity index (χ0) is 13.8. The molecule has 0 bridgehead atoms. The van der Waals surface area contributed by atoms with E-state index >= 15 is 0 Å². The minimum absolute atomic E-state index is 0.173. The van der Waals surface area contributed by atoms with E-state index in [4.69, 9.17) is 5.11 Å². The fourth-order valence-electron chi connectivity index (χ4n) is 2.13. The van der Waals surface area contributed by atoms with E-state index < -0.39 is 5.97 Å². The average Bonchev–Trinajstić information content (AvgIpc) is 2.85. The van der Waals surface area contributed by atoms with Crippen molar-refractivity contribution in [1.29, 1.82) is 0 Å². The molecular formula is C15H18N2O2. The first-order valence-electron chi connectivity index (χ1n) is 6.44. The van der Waals surface area contributed by atoms with Gasteiger partial charge in [0.15, 0.2) is 0 Å². The van der Waals surface area contributed by atoms with Crippen LogP contribution in [-0.2, 0) is 17.8 Å². The lowest BCUT2D eigenvalue weighted by atomic mass is 9.99. The normalized spacial score (nSPS) is 10.6. The van der Waals surface area contributed by atoms with Crippen LogP contribution in [0, 0.1) is 6.92 Å². The van der Waals surface area contributed by atoms with Gasteiger partial charge in [-0.15, -0.1) is 0 Å². The van der Waals surface area contributed by atoms with Gasteiger partial charge in [-0.3, -0.25) is 9.48 Å². The summed E-state index contributed by atoms with van der Waals surface area (Å²) in [6.45, 7) is 4.96. The van der Waals surface area contributed by atoms with Gasteiger partial charge in [-0.1, -0.05) is 18.2 Å². The summed E-state index contributed by atoms with van der Waals surface area (Å²) < 4.78 is 1.90. The quantitative estimate of drug-likeness (QED) is 0.897. The van der Waals surface area contributed by atoms with Crippen molar-refractivity contribution in [2.24, 2.45) is 0 Å². The van der Waals surface area contributed by atoms with Crippen LogP contribution in [0.25, 0.3) is 11.1 Å². The third-order valence-electron chi connectivity index (χ3n) is 3.19. The van der Waals surface area contributed by atoms with E-state index in [1.165, 1.54) is 0 Å². The monoisotopic (exact) mass is 258 g/mol. The van der Waals surface area contributed by atoms with Crippen molar-refractivity contribution in [3.05, 3.63) is 41.7 Å². The van der Waals surface area contributed by atoms with Gasteiger partial charge in [0.25, 0.3) is 0 Å². The van der Waals surface area contributed by atoms with Crippen molar-refractivity contribution < 1.29 is 9.90 Å². The Hall–Kier alpha value is -2.10. The second-order valence-corrected chi connectivity index (χ2v) is 4.63. The Balaban J connectivity index is 2.21. The van der Waals surface area contributed by atoms with Gasteiger partial charge in [-0.2, -0.15) is 5.10 Å². The molecule has 1 heterocycles. The van der Waals surface area contributed by atoms with Gasteiger partial charge in [0.2, 0.25) is 0 Å². The Morgan fingerprint density at radius 3 is 2.79 bits per heavy atom. The highest BCUT2D eigenvalue weighted by molar-refractivity contribution is 5.68. The first-order valence-corrected chi connectivity index (χ1v) is 6.44. The standard InChI is InChI=1S/C15H18N2O2/c1-3-17-10-13(9-16-17)14-6-4-12(8-11(14)2)5-7-15(18)19/h4,6,8-10H,3,5,7H2,1-2H3,(H,18,19). The lowest BCUT2D eigenvalue weighted by Gasteiger charge is -2.06. The average molecular weight is 258 g/mol.